The van der Waals surface area contributed by atoms with Gasteiger partial charge in [0.05, 0.1) is 10.6 Å². The average molecular weight is 392 g/mol. The van der Waals surface area contributed by atoms with Gasteiger partial charge in [0.2, 0.25) is 5.82 Å². The number of nitrogens with zero attached hydrogens (tertiary/aromatic N) is 3. The molecule has 0 aliphatic carbocycles. The van der Waals surface area contributed by atoms with Crippen molar-refractivity contribution in [3.8, 4) is 17.3 Å². The van der Waals surface area contributed by atoms with Gasteiger partial charge in [-0.15, -0.1) is 10.2 Å². The summed E-state index contributed by atoms with van der Waals surface area (Å²) in [6.45, 7) is -0.397. The van der Waals surface area contributed by atoms with Gasteiger partial charge in [0, 0.05) is 6.20 Å². The molecule has 0 N–H and O–H groups in total. The molecule has 0 amide bonds. The summed E-state index contributed by atoms with van der Waals surface area (Å²) in [6, 6.07) is 4.04. The third-order valence-corrected chi connectivity index (χ3v) is 3.39. The molecule has 1 aromatic carbocycles. The Morgan fingerprint density at radius 3 is 2.62 bits per heavy atom. The van der Waals surface area contributed by atoms with Crippen molar-refractivity contribution in [1.29, 1.82) is 0 Å². The normalized spacial score (nSPS) is 11.6. The molecule has 26 heavy (non-hydrogen) atoms. The van der Waals surface area contributed by atoms with E-state index >= 15 is 0 Å². The third kappa shape index (κ3) is 3.74. The molecule has 0 spiro atoms. The second-order valence-corrected chi connectivity index (χ2v) is 5.30. The standard InChI is InChI=1S/C15H7ClF5N3O2/c16-8-4-7(15(19,20)21)5-22-13(8)14-24-23-11(26-14)6-25-10-3-1-2-9(17)12(10)18/h1-5H,6H2. The van der Waals surface area contributed by atoms with E-state index in [-0.39, 0.29) is 28.2 Å². The molecule has 0 saturated heterocycles. The number of pyridine rings is 1. The minimum atomic E-state index is -4.60. The fourth-order valence-corrected chi connectivity index (χ4v) is 2.14. The molecular formula is C15H7ClF5N3O2. The third-order valence-electron chi connectivity index (χ3n) is 3.11. The number of hydrogen-bond acceptors (Lipinski definition) is 5. The van der Waals surface area contributed by atoms with Crippen LogP contribution in [-0.4, -0.2) is 15.2 Å². The Kier molecular flexibility index (Phi) is 4.77. The van der Waals surface area contributed by atoms with Gasteiger partial charge in [0.15, 0.2) is 18.2 Å². The zero-order valence-corrected chi connectivity index (χ0v) is 13.3. The van der Waals surface area contributed by atoms with Crippen molar-refractivity contribution in [2.45, 2.75) is 12.8 Å². The van der Waals surface area contributed by atoms with E-state index < -0.39 is 30.0 Å². The van der Waals surface area contributed by atoms with Gasteiger partial charge < -0.3 is 9.15 Å². The summed E-state index contributed by atoms with van der Waals surface area (Å²) in [5, 5.41) is 6.85. The Labute approximate surface area is 147 Å². The summed E-state index contributed by atoms with van der Waals surface area (Å²) in [5.74, 6) is -3.02. The van der Waals surface area contributed by atoms with Crippen LogP contribution < -0.4 is 4.74 Å². The maximum Gasteiger partial charge on any atom is 0.417 e. The van der Waals surface area contributed by atoms with Crippen LogP contribution >= 0.6 is 11.6 Å². The Morgan fingerprint density at radius 1 is 1.15 bits per heavy atom. The summed E-state index contributed by atoms with van der Waals surface area (Å²) >= 11 is 5.78. The van der Waals surface area contributed by atoms with E-state index in [0.29, 0.717) is 12.3 Å². The summed E-state index contributed by atoms with van der Waals surface area (Å²) in [7, 11) is 0. The number of rotatable bonds is 4. The highest BCUT2D eigenvalue weighted by Crippen LogP contribution is 2.33. The second kappa shape index (κ2) is 6.87. The van der Waals surface area contributed by atoms with Gasteiger partial charge in [0.1, 0.15) is 5.69 Å². The van der Waals surface area contributed by atoms with Crippen LogP contribution in [0.1, 0.15) is 11.5 Å². The molecule has 5 nitrogen and oxygen atoms in total. The monoisotopic (exact) mass is 391 g/mol. The Balaban J connectivity index is 1.77. The number of hydrogen-bond donors (Lipinski definition) is 0. The van der Waals surface area contributed by atoms with Crippen LogP contribution in [0.2, 0.25) is 5.02 Å². The molecule has 0 aliphatic heterocycles. The first kappa shape index (κ1) is 18.1. The number of ether oxygens (including phenoxy) is 1. The van der Waals surface area contributed by atoms with Gasteiger partial charge in [-0.05, 0) is 18.2 Å². The number of benzene rings is 1. The van der Waals surface area contributed by atoms with E-state index in [0.717, 1.165) is 6.07 Å². The van der Waals surface area contributed by atoms with Gasteiger partial charge in [0.25, 0.3) is 11.8 Å². The first-order valence-electron chi connectivity index (χ1n) is 6.88. The fraction of sp³-hybridized carbons (Fsp3) is 0.133. The highest BCUT2D eigenvalue weighted by molar-refractivity contribution is 6.32. The molecule has 0 atom stereocenters. The van der Waals surface area contributed by atoms with Gasteiger partial charge in [-0.25, -0.2) is 9.37 Å². The van der Waals surface area contributed by atoms with Gasteiger partial charge in [-0.3, -0.25) is 0 Å². The van der Waals surface area contributed by atoms with Crippen molar-refractivity contribution < 1.29 is 31.1 Å². The van der Waals surface area contributed by atoms with Crippen molar-refractivity contribution >= 4 is 11.6 Å². The van der Waals surface area contributed by atoms with Crippen LogP contribution in [0.4, 0.5) is 22.0 Å². The molecule has 0 radical (unpaired) electrons. The second-order valence-electron chi connectivity index (χ2n) is 4.89. The summed E-state index contributed by atoms with van der Waals surface area (Å²) < 4.78 is 74.6. The van der Waals surface area contributed by atoms with Gasteiger partial charge in [-0.2, -0.15) is 17.6 Å². The van der Waals surface area contributed by atoms with Crippen LogP contribution in [0.15, 0.2) is 34.9 Å². The Hall–Kier alpha value is -2.75. The molecule has 2 aromatic heterocycles. The molecule has 0 aliphatic rings. The van der Waals surface area contributed by atoms with Crippen molar-refractivity contribution in [2.75, 3.05) is 0 Å². The molecular weight excluding hydrogens is 385 g/mol. The minimum absolute atomic E-state index is 0.138. The quantitative estimate of drug-likeness (QED) is 0.605. The number of alkyl halides is 3. The average Bonchev–Trinajstić information content (AvgIpc) is 3.04. The maximum absolute atomic E-state index is 13.5. The lowest BCUT2D eigenvalue weighted by molar-refractivity contribution is -0.137. The SMILES string of the molecule is Fc1cccc(OCc2nnc(-c3ncc(C(F)(F)F)cc3Cl)o2)c1F. The van der Waals surface area contributed by atoms with Gasteiger partial charge in [-0.1, -0.05) is 17.7 Å². The Morgan fingerprint density at radius 2 is 1.92 bits per heavy atom. The highest BCUT2D eigenvalue weighted by atomic mass is 35.5. The molecule has 3 rings (SSSR count). The zero-order valence-electron chi connectivity index (χ0n) is 12.5. The first-order valence-corrected chi connectivity index (χ1v) is 7.26. The van der Waals surface area contributed by atoms with Crippen LogP contribution in [0, 0.1) is 11.6 Å². The smallest absolute Gasteiger partial charge is 0.417 e. The lowest BCUT2D eigenvalue weighted by Crippen LogP contribution is -2.05. The number of halogens is 6. The Bertz CT molecular complexity index is 945. The molecule has 0 bridgehead atoms. The largest absolute Gasteiger partial charge is 0.481 e. The van der Waals surface area contributed by atoms with Crippen LogP contribution in [-0.2, 0) is 12.8 Å². The minimum Gasteiger partial charge on any atom is -0.481 e. The summed E-state index contributed by atoms with van der Waals surface area (Å²) in [4.78, 5) is 3.57. The van der Waals surface area contributed by atoms with Crippen LogP contribution in [0.3, 0.4) is 0 Å². The molecule has 0 saturated carbocycles. The molecule has 2 heterocycles. The topological polar surface area (TPSA) is 61.0 Å². The predicted molar refractivity (Wildman–Crippen MR) is 78.2 cm³/mol. The first-order chi connectivity index (χ1) is 12.3. The molecule has 0 unspecified atom stereocenters. The summed E-state index contributed by atoms with van der Waals surface area (Å²) in [6.07, 6.45) is -4.03. The van der Waals surface area contributed by atoms with Gasteiger partial charge >= 0.3 is 6.18 Å². The van der Waals surface area contributed by atoms with E-state index in [9.17, 15) is 22.0 Å². The molecule has 3 aromatic rings. The van der Waals surface area contributed by atoms with Crippen molar-refractivity contribution in [1.82, 2.24) is 15.2 Å². The van der Waals surface area contributed by atoms with Crippen LogP contribution in [0.25, 0.3) is 11.6 Å². The van der Waals surface area contributed by atoms with E-state index in [1.54, 1.807) is 0 Å². The maximum atomic E-state index is 13.5. The van der Waals surface area contributed by atoms with Crippen molar-refractivity contribution in [3.63, 3.8) is 0 Å². The number of aromatic nitrogens is 3. The summed E-state index contributed by atoms with van der Waals surface area (Å²) in [5.41, 5.74) is -1.19. The van der Waals surface area contributed by atoms with Crippen molar-refractivity contribution in [2.24, 2.45) is 0 Å². The van der Waals surface area contributed by atoms with E-state index in [1.807, 2.05) is 0 Å². The molecule has 136 valence electrons. The lowest BCUT2D eigenvalue weighted by atomic mass is 10.2. The van der Waals surface area contributed by atoms with E-state index in [4.69, 9.17) is 20.8 Å². The molecule has 0 fully saturated rings. The molecule has 11 heteroatoms. The fourth-order valence-electron chi connectivity index (χ4n) is 1.89. The predicted octanol–water partition coefficient (Wildman–Crippen LogP) is 4.66. The van der Waals surface area contributed by atoms with E-state index in [1.165, 1.54) is 12.1 Å². The lowest BCUT2D eigenvalue weighted by Gasteiger charge is -2.07. The van der Waals surface area contributed by atoms with E-state index in [2.05, 4.69) is 15.2 Å². The van der Waals surface area contributed by atoms with Crippen molar-refractivity contribution in [3.05, 3.63) is 58.6 Å². The highest BCUT2D eigenvalue weighted by Gasteiger charge is 2.32. The van der Waals surface area contributed by atoms with Crippen LogP contribution in [0.5, 0.6) is 5.75 Å². The zero-order chi connectivity index (χ0) is 18.9.